The van der Waals surface area contributed by atoms with Crippen LogP contribution < -0.4 is 10.6 Å². The molecule has 1 aromatic rings. The van der Waals surface area contributed by atoms with Gasteiger partial charge >= 0.3 is 6.09 Å². The van der Waals surface area contributed by atoms with Crippen LogP contribution in [0, 0.1) is 12.3 Å². The zero-order valence-corrected chi connectivity index (χ0v) is 23.5. The molecule has 1 aromatic carbocycles. The summed E-state index contributed by atoms with van der Waals surface area (Å²) >= 11 is 1.58. The summed E-state index contributed by atoms with van der Waals surface area (Å²) in [6.45, 7) is 10.2. The van der Waals surface area contributed by atoms with E-state index < -0.39 is 23.8 Å². The van der Waals surface area contributed by atoms with Crippen LogP contribution in [0.3, 0.4) is 0 Å². The van der Waals surface area contributed by atoms with E-state index >= 15 is 0 Å². The first-order valence-electron chi connectivity index (χ1n) is 12.7. The summed E-state index contributed by atoms with van der Waals surface area (Å²) in [5.41, 5.74) is 0.453. The summed E-state index contributed by atoms with van der Waals surface area (Å²) in [6.07, 6.45) is 10.8. The lowest BCUT2D eigenvalue weighted by molar-refractivity contribution is -0.142. The molecular formula is C28H43N3O4S. The van der Waals surface area contributed by atoms with Crippen LogP contribution in [0.2, 0.25) is 0 Å². The lowest BCUT2D eigenvalue weighted by Gasteiger charge is -2.35. The predicted molar refractivity (Wildman–Crippen MR) is 148 cm³/mol. The van der Waals surface area contributed by atoms with Crippen LogP contribution in [-0.4, -0.2) is 59.5 Å². The predicted octanol–water partition coefficient (Wildman–Crippen LogP) is 4.90. The Morgan fingerprint density at radius 1 is 1.14 bits per heavy atom. The topological polar surface area (TPSA) is 87.7 Å². The van der Waals surface area contributed by atoms with E-state index in [1.807, 2.05) is 32.2 Å². The standard InChI is InChI=1S/C28H43N3O4S/c1-8-11-18-29-25(32)24(22-16-14-13-15-21(22)10-3)31(19-12-9-2)26(33)23(17-20-36-7)30-27(34)35-28(4,5)6/h3,13-16,23-24H,8-9,11-12,17-20H2,1-2,4-7H3,(H,29,32)(H,30,34). The number of hydrogen-bond donors (Lipinski definition) is 2. The Hall–Kier alpha value is -2.66. The van der Waals surface area contributed by atoms with Crippen LogP contribution in [0.1, 0.15) is 83.9 Å². The molecule has 0 fully saturated rings. The molecule has 8 heteroatoms. The molecule has 7 nitrogen and oxygen atoms in total. The van der Waals surface area contributed by atoms with E-state index in [-0.39, 0.29) is 11.8 Å². The largest absolute Gasteiger partial charge is 0.444 e. The highest BCUT2D eigenvalue weighted by Gasteiger charge is 2.36. The maximum atomic E-state index is 14.0. The third kappa shape index (κ3) is 10.5. The zero-order valence-electron chi connectivity index (χ0n) is 22.7. The third-order valence-corrected chi connectivity index (χ3v) is 6.08. The van der Waals surface area contributed by atoms with E-state index in [2.05, 4.69) is 16.6 Å². The lowest BCUT2D eigenvalue weighted by atomic mass is 9.97. The number of rotatable bonds is 14. The van der Waals surface area contributed by atoms with E-state index in [0.29, 0.717) is 42.8 Å². The van der Waals surface area contributed by atoms with Gasteiger partial charge in [0.1, 0.15) is 17.7 Å². The number of nitrogens with one attached hydrogen (secondary N) is 2. The first-order chi connectivity index (χ1) is 17.1. The molecule has 0 aliphatic heterocycles. The highest BCUT2D eigenvalue weighted by molar-refractivity contribution is 7.98. The average molecular weight is 518 g/mol. The molecule has 0 saturated heterocycles. The van der Waals surface area contributed by atoms with Gasteiger partial charge in [-0.1, -0.05) is 50.8 Å². The fraction of sp³-hybridized carbons (Fsp3) is 0.607. The van der Waals surface area contributed by atoms with Gasteiger partial charge in [0.05, 0.1) is 0 Å². The van der Waals surface area contributed by atoms with Crippen molar-refractivity contribution in [3.05, 3.63) is 35.4 Å². The third-order valence-electron chi connectivity index (χ3n) is 5.44. The van der Waals surface area contributed by atoms with Crippen molar-refractivity contribution in [2.45, 2.75) is 84.4 Å². The number of carbonyl (C=O) groups excluding carboxylic acids is 3. The quantitative estimate of drug-likeness (QED) is 0.271. The molecule has 3 amide bonds. The molecular weight excluding hydrogens is 474 g/mol. The molecule has 2 unspecified atom stereocenters. The molecule has 0 aromatic heterocycles. The number of benzene rings is 1. The summed E-state index contributed by atoms with van der Waals surface area (Å²) in [6, 6.07) is 5.44. The second-order valence-corrected chi connectivity index (χ2v) is 10.6. The van der Waals surface area contributed by atoms with E-state index in [1.165, 1.54) is 0 Å². The van der Waals surface area contributed by atoms with Crippen molar-refractivity contribution in [3.8, 4) is 12.3 Å². The highest BCUT2D eigenvalue weighted by Crippen LogP contribution is 2.27. The van der Waals surface area contributed by atoms with Crippen LogP contribution in [0.25, 0.3) is 0 Å². The van der Waals surface area contributed by atoms with Gasteiger partial charge in [0.25, 0.3) is 0 Å². The smallest absolute Gasteiger partial charge is 0.408 e. The van der Waals surface area contributed by atoms with Crippen LogP contribution in [0.15, 0.2) is 24.3 Å². The van der Waals surface area contributed by atoms with Crippen molar-refractivity contribution in [1.29, 1.82) is 0 Å². The van der Waals surface area contributed by atoms with E-state index in [9.17, 15) is 14.4 Å². The Kier molecular flexibility index (Phi) is 14.1. The van der Waals surface area contributed by atoms with Crippen LogP contribution >= 0.6 is 11.8 Å². The Bertz CT molecular complexity index is 892. The number of hydrogen-bond acceptors (Lipinski definition) is 5. The van der Waals surface area contributed by atoms with Gasteiger partial charge in [-0.15, -0.1) is 6.42 Å². The Morgan fingerprint density at radius 3 is 2.39 bits per heavy atom. The molecule has 0 radical (unpaired) electrons. The van der Waals surface area contributed by atoms with Gasteiger partial charge in [0, 0.05) is 18.7 Å². The fourth-order valence-corrected chi connectivity index (χ4v) is 4.11. The maximum absolute atomic E-state index is 14.0. The minimum absolute atomic E-state index is 0.281. The fourth-order valence-electron chi connectivity index (χ4n) is 3.64. The molecule has 36 heavy (non-hydrogen) atoms. The molecule has 0 aliphatic carbocycles. The van der Waals surface area contributed by atoms with Crippen molar-refractivity contribution in [1.82, 2.24) is 15.5 Å². The van der Waals surface area contributed by atoms with Gasteiger partial charge in [-0.05, 0) is 63.7 Å². The molecule has 0 heterocycles. The van der Waals surface area contributed by atoms with Gasteiger partial charge in [-0.3, -0.25) is 9.59 Å². The van der Waals surface area contributed by atoms with E-state index in [0.717, 1.165) is 19.3 Å². The minimum atomic E-state index is -0.912. The maximum Gasteiger partial charge on any atom is 0.408 e. The van der Waals surface area contributed by atoms with Gasteiger partial charge in [0.2, 0.25) is 11.8 Å². The lowest BCUT2D eigenvalue weighted by Crippen LogP contribution is -2.53. The molecule has 0 bridgehead atoms. The number of unbranched alkanes of at least 4 members (excludes halogenated alkanes) is 2. The summed E-state index contributed by atoms with van der Waals surface area (Å²) in [7, 11) is 0. The Labute approximate surface area is 221 Å². The van der Waals surface area contributed by atoms with Crippen molar-refractivity contribution in [2.75, 3.05) is 25.1 Å². The molecule has 200 valence electrons. The number of terminal acetylenes is 1. The zero-order chi connectivity index (χ0) is 27.1. The highest BCUT2D eigenvalue weighted by atomic mass is 32.2. The van der Waals surface area contributed by atoms with E-state index in [1.54, 1.807) is 49.6 Å². The van der Waals surface area contributed by atoms with Gasteiger partial charge in [0.15, 0.2) is 0 Å². The molecule has 0 aliphatic rings. The molecule has 0 saturated carbocycles. The van der Waals surface area contributed by atoms with Gasteiger partial charge < -0.3 is 20.3 Å². The monoisotopic (exact) mass is 517 g/mol. The van der Waals surface area contributed by atoms with Crippen molar-refractivity contribution < 1.29 is 19.1 Å². The number of ether oxygens (including phenoxy) is 1. The van der Waals surface area contributed by atoms with Crippen molar-refractivity contribution in [3.63, 3.8) is 0 Å². The summed E-state index contributed by atoms with van der Waals surface area (Å²) in [5.74, 6) is 2.70. The number of thioether (sulfide) groups is 1. The summed E-state index contributed by atoms with van der Waals surface area (Å²) in [4.78, 5) is 41.8. The second kappa shape index (κ2) is 16.2. The minimum Gasteiger partial charge on any atom is -0.444 e. The van der Waals surface area contributed by atoms with Crippen LogP contribution in [0.4, 0.5) is 4.79 Å². The van der Waals surface area contributed by atoms with Gasteiger partial charge in [-0.2, -0.15) is 11.8 Å². The average Bonchev–Trinajstić information content (AvgIpc) is 2.82. The normalized spacial score (nSPS) is 12.7. The Balaban J connectivity index is 3.48. The second-order valence-electron chi connectivity index (χ2n) is 9.64. The van der Waals surface area contributed by atoms with Crippen LogP contribution in [0.5, 0.6) is 0 Å². The Morgan fingerprint density at radius 2 is 1.81 bits per heavy atom. The first-order valence-corrected chi connectivity index (χ1v) is 14.1. The number of amides is 3. The number of alkyl carbamates (subject to hydrolysis) is 1. The first kappa shape index (κ1) is 31.4. The summed E-state index contributed by atoms with van der Waals surface area (Å²) < 4.78 is 5.42. The van der Waals surface area contributed by atoms with Crippen LogP contribution in [-0.2, 0) is 14.3 Å². The number of carbonyl (C=O) groups is 3. The van der Waals surface area contributed by atoms with Gasteiger partial charge in [-0.25, -0.2) is 4.79 Å². The van der Waals surface area contributed by atoms with Crippen molar-refractivity contribution >= 4 is 29.7 Å². The molecule has 1 rings (SSSR count). The molecule has 0 spiro atoms. The molecule has 2 atom stereocenters. The summed E-state index contributed by atoms with van der Waals surface area (Å²) in [5, 5.41) is 5.74. The number of nitrogens with zero attached hydrogens (tertiary/aromatic N) is 1. The SMILES string of the molecule is C#Cc1ccccc1C(C(=O)NCCCC)N(CCCC)C(=O)C(CCSC)NC(=O)OC(C)(C)C. The van der Waals surface area contributed by atoms with Crippen molar-refractivity contribution in [2.24, 2.45) is 0 Å². The molecule has 2 N–H and O–H groups in total. The van der Waals surface area contributed by atoms with E-state index in [4.69, 9.17) is 11.2 Å².